The highest BCUT2D eigenvalue weighted by molar-refractivity contribution is 5.85. The average Bonchev–Trinajstić information content (AvgIpc) is 2.41. The second-order valence-electron chi connectivity index (χ2n) is 5.35. The molecule has 1 rings (SSSR count). The Morgan fingerprint density at radius 2 is 2.06 bits per heavy atom. The van der Waals surface area contributed by atoms with Crippen molar-refractivity contribution >= 4 is 5.91 Å². The Bertz CT molecular complexity index is 238. The number of carbonyl (C=O) groups excluding carboxylic acids is 1. The molecule has 1 heterocycles. The minimum atomic E-state index is -0.423. The van der Waals surface area contributed by atoms with Crippen LogP contribution in [0.2, 0.25) is 0 Å². The number of nitrogens with zero attached hydrogens (tertiary/aromatic N) is 1. The maximum Gasteiger partial charge on any atom is 0.242 e. The van der Waals surface area contributed by atoms with E-state index in [1.54, 1.807) is 0 Å². The third-order valence-corrected chi connectivity index (χ3v) is 3.47. The van der Waals surface area contributed by atoms with E-state index >= 15 is 0 Å². The molecule has 0 bridgehead atoms. The van der Waals surface area contributed by atoms with E-state index in [1.165, 1.54) is 12.8 Å². The first-order valence-electron chi connectivity index (χ1n) is 6.55. The number of likely N-dealkylation sites (N-methyl/N-ethyl adjacent to an activating group) is 1. The summed E-state index contributed by atoms with van der Waals surface area (Å²) >= 11 is 0. The maximum absolute atomic E-state index is 12.4. The van der Waals surface area contributed by atoms with E-state index in [9.17, 15) is 4.79 Å². The fraction of sp³-hybridized carbons (Fsp3) is 0.923. The van der Waals surface area contributed by atoms with Crippen LogP contribution in [-0.4, -0.2) is 35.5 Å². The van der Waals surface area contributed by atoms with Gasteiger partial charge >= 0.3 is 0 Å². The third kappa shape index (κ3) is 3.21. The predicted molar refractivity (Wildman–Crippen MR) is 67.4 cm³/mol. The molecule has 1 unspecified atom stereocenters. The lowest BCUT2D eigenvalue weighted by Crippen LogP contribution is -2.56. The molecule has 0 aromatic heterocycles. The zero-order chi connectivity index (χ0) is 12.2. The van der Waals surface area contributed by atoms with Gasteiger partial charge in [-0.15, -0.1) is 0 Å². The van der Waals surface area contributed by atoms with Crippen molar-refractivity contribution < 1.29 is 4.79 Å². The molecular formula is C13H26N2O. The van der Waals surface area contributed by atoms with Crippen LogP contribution in [-0.2, 0) is 4.79 Å². The Hall–Kier alpha value is -0.570. The monoisotopic (exact) mass is 226 g/mol. The van der Waals surface area contributed by atoms with Crippen molar-refractivity contribution in [3.8, 4) is 0 Å². The molecule has 0 aliphatic carbocycles. The van der Waals surface area contributed by atoms with Crippen LogP contribution in [0, 0.1) is 0 Å². The molecule has 1 aliphatic rings. The zero-order valence-corrected chi connectivity index (χ0v) is 11.2. The van der Waals surface area contributed by atoms with Crippen LogP contribution in [0.1, 0.15) is 53.4 Å². The molecule has 1 saturated heterocycles. The summed E-state index contributed by atoms with van der Waals surface area (Å²) in [5.41, 5.74) is -0.423. The number of carbonyl (C=O) groups is 1. The molecular weight excluding hydrogens is 200 g/mol. The lowest BCUT2D eigenvalue weighted by molar-refractivity contribution is -0.139. The predicted octanol–water partition coefficient (Wildman–Crippen LogP) is 2.17. The quantitative estimate of drug-likeness (QED) is 0.800. The highest BCUT2D eigenvalue weighted by Crippen LogP contribution is 2.19. The minimum Gasteiger partial charge on any atom is -0.338 e. The molecule has 0 aromatic carbocycles. The van der Waals surface area contributed by atoms with Crippen LogP contribution in [0.5, 0.6) is 0 Å². The van der Waals surface area contributed by atoms with Gasteiger partial charge in [-0.1, -0.05) is 19.8 Å². The van der Waals surface area contributed by atoms with Gasteiger partial charge in [0.2, 0.25) is 5.91 Å². The molecule has 0 aromatic rings. The molecule has 1 N–H and O–H groups in total. The normalized spacial score (nSPS) is 23.0. The lowest BCUT2D eigenvalue weighted by Gasteiger charge is -2.35. The summed E-state index contributed by atoms with van der Waals surface area (Å²) in [4.78, 5) is 14.5. The summed E-state index contributed by atoms with van der Waals surface area (Å²) in [7, 11) is 0. The van der Waals surface area contributed by atoms with E-state index in [2.05, 4.69) is 17.1 Å². The number of rotatable bonds is 3. The van der Waals surface area contributed by atoms with Gasteiger partial charge in [-0.2, -0.15) is 0 Å². The van der Waals surface area contributed by atoms with Crippen LogP contribution in [0.15, 0.2) is 0 Å². The molecule has 1 amide bonds. The number of amides is 1. The van der Waals surface area contributed by atoms with Crippen molar-refractivity contribution in [2.24, 2.45) is 0 Å². The minimum absolute atomic E-state index is 0.253. The van der Waals surface area contributed by atoms with Gasteiger partial charge in [0.05, 0.1) is 5.54 Å². The number of likely N-dealkylation sites (tertiary alicyclic amines) is 1. The molecule has 0 radical (unpaired) electrons. The van der Waals surface area contributed by atoms with Gasteiger partial charge in [0, 0.05) is 12.6 Å². The summed E-state index contributed by atoms with van der Waals surface area (Å²) in [5.74, 6) is 0.253. The average molecular weight is 226 g/mol. The first-order chi connectivity index (χ1) is 7.49. The molecule has 0 saturated carbocycles. The summed E-state index contributed by atoms with van der Waals surface area (Å²) in [6.45, 7) is 9.94. The van der Waals surface area contributed by atoms with Gasteiger partial charge in [-0.05, 0) is 40.2 Å². The topological polar surface area (TPSA) is 32.3 Å². The van der Waals surface area contributed by atoms with Gasteiger partial charge in [0.15, 0.2) is 0 Å². The van der Waals surface area contributed by atoms with E-state index in [1.807, 2.05) is 20.8 Å². The molecule has 1 fully saturated rings. The molecule has 94 valence electrons. The van der Waals surface area contributed by atoms with E-state index < -0.39 is 5.54 Å². The van der Waals surface area contributed by atoms with Crippen molar-refractivity contribution in [2.75, 3.05) is 13.1 Å². The summed E-state index contributed by atoms with van der Waals surface area (Å²) in [5, 5.41) is 3.27. The lowest BCUT2D eigenvalue weighted by atomic mass is 10.0. The summed E-state index contributed by atoms with van der Waals surface area (Å²) in [6.07, 6.45) is 4.81. The highest BCUT2D eigenvalue weighted by Gasteiger charge is 2.33. The summed E-state index contributed by atoms with van der Waals surface area (Å²) in [6, 6.07) is 0.396. The fourth-order valence-electron chi connectivity index (χ4n) is 2.45. The molecule has 1 aliphatic heterocycles. The Morgan fingerprint density at radius 1 is 1.38 bits per heavy atom. The molecule has 0 spiro atoms. The van der Waals surface area contributed by atoms with Crippen molar-refractivity contribution in [2.45, 2.75) is 65.0 Å². The van der Waals surface area contributed by atoms with Crippen LogP contribution in [0.25, 0.3) is 0 Å². The Balaban J connectivity index is 2.70. The number of nitrogens with one attached hydrogen (secondary N) is 1. The summed E-state index contributed by atoms with van der Waals surface area (Å²) < 4.78 is 0. The van der Waals surface area contributed by atoms with E-state index in [0.29, 0.717) is 6.04 Å². The molecule has 3 nitrogen and oxygen atoms in total. The second-order valence-corrected chi connectivity index (χ2v) is 5.35. The van der Waals surface area contributed by atoms with Crippen LogP contribution in [0.4, 0.5) is 0 Å². The van der Waals surface area contributed by atoms with E-state index in [-0.39, 0.29) is 5.91 Å². The van der Waals surface area contributed by atoms with Crippen molar-refractivity contribution in [3.05, 3.63) is 0 Å². The van der Waals surface area contributed by atoms with Crippen molar-refractivity contribution in [3.63, 3.8) is 0 Å². The highest BCUT2D eigenvalue weighted by atomic mass is 16.2. The van der Waals surface area contributed by atoms with Crippen molar-refractivity contribution in [1.82, 2.24) is 10.2 Å². The molecule has 3 heteroatoms. The number of hydrogen-bond donors (Lipinski definition) is 1. The first-order valence-corrected chi connectivity index (χ1v) is 6.55. The smallest absolute Gasteiger partial charge is 0.242 e. The third-order valence-electron chi connectivity index (χ3n) is 3.47. The largest absolute Gasteiger partial charge is 0.338 e. The Labute approximate surface area is 99.6 Å². The SMILES string of the molecule is CCNC(C)(C)C(=O)N1CCCCCC1C. The molecule has 16 heavy (non-hydrogen) atoms. The van der Waals surface area contributed by atoms with Gasteiger partial charge in [0.25, 0.3) is 0 Å². The Morgan fingerprint density at radius 3 is 2.69 bits per heavy atom. The zero-order valence-electron chi connectivity index (χ0n) is 11.2. The van der Waals surface area contributed by atoms with Gasteiger partial charge in [-0.3, -0.25) is 4.79 Å². The van der Waals surface area contributed by atoms with Gasteiger partial charge in [-0.25, -0.2) is 0 Å². The van der Waals surface area contributed by atoms with Gasteiger partial charge < -0.3 is 10.2 Å². The number of hydrogen-bond acceptors (Lipinski definition) is 2. The fourth-order valence-corrected chi connectivity index (χ4v) is 2.45. The second kappa shape index (κ2) is 5.67. The van der Waals surface area contributed by atoms with Crippen molar-refractivity contribution in [1.29, 1.82) is 0 Å². The molecule has 1 atom stereocenters. The standard InChI is InChI=1S/C13H26N2O/c1-5-14-13(3,4)12(16)15-10-8-6-7-9-11(15)2/h11,14H,5-10H2,1-4H3. The Kier molecular flexibility index (Phi) is 4.78. The van der Waals surface area contributed by atoms with Crippen LogP contribution < -0.4 is 5.32 Å². The first kappa shape index (κ1) is 13.5. The van der Waals surface area contributed by atoms with E-state index in [0.717, 1.165) is 25.9 Å². The van der Waals surface area contributed by atoms with Crippen LogP contribution in [0.3, 0.4) is 0 Å². The van der Waals surface area contributed by atoms with E-state index in [4.69, 9.17) is 0 Å². The van der Waals surface area contributed by atoms with Gasteiger partial charge in [0.1, 0.15) is 0 Å². The van der Waals surface area contributed by atoms with Crippen LogP contribution >= 0.6 is 0 Å². The maximum atomic E-state index is 12.4.